The lowest BCUT2D eigenvalue weighted by Crippen LogP contribution is -2.28. The van der Waals surface area contributed by atoms with Crippen LogP contribution >= 0.6 is 0 Å². The molecule has 2 aromatic carbocycles. The highest BCUT2D eigenvalue weighted by atomic mass is 19.4. The first-order chi connectivity index (χ1) is 10.3. The minimum atomic E-state index is -4.42. The number of aliphatic hydroxyl groups excluding tert-OH is 1. The van der Waals surface area contributed by atoms with E-state index in [-0.39, 0.29) is 6.54 Å². The molecule has 118 valence electrons. The smallest absolute Gasteiger partial charge is 0.391 e. The molecule has 0 spiro atoms. The van der Waals surface area contributed by atoms with Crippen LogP contribution in [0, 0.1) is 5.82 Å². The Balaban J connectivity index is 2.39. The van der Waals surface area contributed by atoms with Gasteiger partial charge in [-0.1, -0.05) is 24.3 Å². The van der Waals surface area contributed by atoms with E-state index in [1.165, 1.54) is 36.4 Å². The lowest BCUT2D eigenvalue weighted by Gasteiger charge is -2.23. The summed E-state index contributed by atoms with van der Waals surface area (Å²) in [6, 6.07) is 9.94. The van der Waals surface area contributed by atoms with Crippen molar-refractivity contribution >= 4 is 0 Å². The fourth-order valence-electron chi connectivity index (χ4n) is 2.32. The van der Waals surface area contributed by atoms with Gasteiger partial charge in [-0.05, 0) is 35.4 Å². The van der Waals surface area contributed by atoms with E-state index in [0.29, 0.717) is 11.1 Å². The van der Waals surface area contributed by atoms with Crippen molar-refractivity contribution in [3.8, 4) is 0 Å². The predicted molar refractivity (Wildman–Crippen MR) is 74.7 cm³/mol. The van der Waals surface area contributed by atoms with E-state index in [2.05, 4.69) is 0 Å². The van der Waals surface area contributed by atoms with E-state index in [9.17, 15) is 22.7 Å². The maximum atomic E-state index is 13.0. The van der Waals surface area contributed by atoms with Gasteiger partial charge in [0.15, 0.2) is 0 Å². The van der Waals surface area contributed by atoms with Crippen molar-refractivity contribution in [3.05, 3.63) is 71.0 Å². The number of halogens is 4. The van der Waals surface area contributed by atoms with Crippen LogP contribution < -0.4 is 5.73 Å². The third-order valence-electron chi connectivity index (χ3n) is 3.45. The monoisotopic (exact) mass is 313 g/mol. The van der Waals surface area contributed by atoms with Crippen LogP contribution in [0.5, 0.6) is 0 Å². The molecule has 0 radical (unpaired) electrons. The second kappa shape index (κ2) is 6.46. The largest absolute Gasteiger partial charge is 0.416 e. The van der Waals surface area contributed by atoms with Crippen LogP contribution in [-0.4, -0.2) is 17.8 Å². The zero-order valence-electron chi connectivity index (χ0n) is 11.5. The average molecular weight is 313 g/mol. The molecule has 0 aromatic heterocycles. The molecule has 3 N–H and O–H groups in total. The Kier molecular flexibility index (Phi) is 4.83. The molecule has 0 saturated heterocycles. The highest BCUT2D eigenvalue weighted by molar-refractivity contribution is 5.36. The fourth-order valence-corrected chi connectivity index (χ4v) is 2.32. The van der Waals surface area contributed by atoms with E-state index in [4.69, 9.17) is 5.73 Å². The quantitative estimate of drug-likeness (QED) is 0.851. The molecule has 6 heteroatoms. The second-order valence-corrected chi connectivity index (χ2v) is 4.95. The average Bonchev–Trinajstić information content (AvgIpc) is 2.49. The topological polar surface area (TPSA) is 46.2 Å². The molecule has 22 heavy (non-hydrogen) atoms. The molecule has 0 fully saturated rings. The van der Waals surface area contributed by atoms with E-state index in [1.807, 2.05) is 0 Å². The van der Waals surface area contributed by atoms with Gasteiger partial charge in [0.1, 0.15) is 5.82 Å². The molecule has 0 bridgehead atoms. The SMILES string of the molecule is NCC(O)[C@@H](c1ccc(F)cc1)c1ccc(C(F)(F)F)cc1. The zero-order chi connectivity index (χ0) is 16.3. The number of rotatable bonds is 4. The summed E-state index contributed by atoms with van der Waals surface area (Å²) in [5.74, 6) is -1.05. The Bertz CT molecular complexity index is 608. The standard InChI is InChI=1S/C16H15F4NO/c17-13-7-3-11(4-8-13)15(14(22)9-21)10-1-5-12(6-2-10)16(18,19)20/h1-8,14-15,22H,9,21H2/t14?,15-/m1/s1. The molecule has 2 aromatic rings. The summed E-state index contributed by atoms with van der Waals surface area (Å²) >= 11 is 0. The van der Waals surface area contributed by atoms with E-state index >= 15 is 0 Å². The summed E-state index contributed by atoms with van der Waals surface area (Å²) < 4.78 is 50.8. The summed E-state index contributed by atoms with van der Waals surface area (Å²) in [6.45, 7) is -0.0664. The summed E-state index contributed by atoms with van der Waals surface area (Å²) in [7, 11) is 0. The second-order valence-electron chi connectivity index (χ2n) is 4.95. The van der Waals surface area contributed by atoms with Gasteiger partial charge < -0.3 is 10.8 Å². The molecule has 2 nitrogen and oxygen atoms in total. The lowest BCUT2D eigenvalue weighted by molar-refractivity contribution is -0.137. The third-order valence-corrected chi connectivity index (χ3v) is 3.45. The van der Waals surface area contributed by atoms with Crippen molar-refractivity contribution in [3.63, 3.8) is 0 Å². The summed E-state index contributed by atoms with van der Waals surface area (Å²) in [4.78, 5) is 0. The summed E-state index contributed by atoms with van der Waals surface area (Å²) in [6.07, 6.45) is -5.40. The number of aliphatic hydroxyl groups is 1. The van der Waals surface area contributed by atoms with Gasteiger partial charge in [0.2, 0.25) is 0 Å². The van der Waals surface area contributed by atoms with Crippen molar-refractivity contribution in [1.82, 2.24) is 0 Å². The van der Waals surface area contributed by atoms with Crippen LogP contribution in [0.25, 0.3) is 0 Å². The van der Waals surface area contributed by atoms with E-state index < -0.39 is 29.6 Å². The Morgan fingerprint density at radius 3 is 1.77 bits per heavy atom. The molecular formula is C16H15F4NO. The number of hydrogen-bond donors (Lipinski definition) is 2. The number of nitrogens with two attached hydrogens (primary N) is 1. The minimum Gasteiger partial charge on any atom is -0.391 e. The highest BCUT2D eigenvalue weighted by Crippen LogP contribution is 2.33. The zero-order valence-corrected chi connectivity index (χ0v) is 11.5. The lowest BCUT2D eigenvalue weighted by atomic mass is 9.86. The van der Waals surface area contributed by atoms with Crippen LogP contribution in [-0.2, 0) is 6.18 Å². The van der Waals surface area contributed by atoms with Crippen LogP contribution in [0.4, 0.5) is 17.6 Å². The summed E-state index contributed by atoms with van der Waals surface area (Å²) in [5, 5.41) is 10.1. The van der Waals surface area contributed by atoms with Crippen molar-refractivity contribution in [2.24, 2.45) is 5.73 Å². The van der Waals surface area contributed by atoms with E-state index in [0.717, 1.165) is 12.1 Å². The Hall–Kier alpha value is -1.92. The molecule has 0 aliphatic rings. The highest BCUT2D eigenvalue weighted by Gasteiger charge is 2.31. The Morgan fingerprint density at radius 1 is 0.909 bits per heavy atom. The minimum absolute atomic E-state index is 0.0664. The predicted octanol–water partition coefficient (Wildman–Crippen LogP) is 3.30. The van der Waals surface area contributed by atoms with Crippen molar-refractivity contribution in [1.29, 1.82) is 0 Å². The molecule has 1 unspecified atom stereocenters. The fraction of sp³-hybridized carbons (Fsp3) is 0.250. The van der Waals surface area contributed by atoms with Gasteiger partial charge >= 0.3 is 6.18 Å². The Labute approximate surface area is 125 Å². The molecular weight excluding hydrogens is 298 g/mol. The number of benzene rings is 2. The maximum Gasteiger partial charge on any atom is 0.416 e. The first-order valence-corrected chi connectivity index (χ1v) is 6.63. The molecule has 0 amide bonds. The van der Waals surface area contributed by atoms with E-state index in [1.54, 1.807) is 0 Å². The first kappa shape index (κ1) is 16.5. The van der Waals surface area contributed by atoms with Crippen molar-refractivity contribution < 1.29 is 22.7 Å². The van der Waals surface area contributed by atoms with Gasteiger partial charge in [-0.25, -0.2) is 4.39 Å². The summed E-state index contributed by atoms with van der Waals surface area (Å²) in [5.41, 5.74) is 5.77. The van der Waals surface area contributed by atoms with Crippen LogP contribution in [0.15, 0.2) is 48.5 Å². The van der Waals surface area contributed by atoms with Crippen molar-refractivity contribution in [2.45, 2.75) is 18.2 Å². The van der Waals surface area contributed by atoms with Gasteiger partial charge in [-0.2, -0.15) is 13.2 Å². The number of alkyl halides is 3. The van der Waals surface area contributed by atoms with Gasteiger partial charge in [0.25, 0.3) is 0 Å². The third kappa shape index (κ3) is 3.64. The molecule has 0 aliphatic heterocycles. The molecule has 2 atom stereocenters. The molecule has 2 rings (SSSR count). The molecule has 0 heterocycles. The normalized spacial score (nSPS) is 14.6. The van der Waals surface area contributed by atoms with Crippen LogP contribution in [0.2, 0.25) is 0 Å². The van der Waals surface area contributed by atoms with Gasteiger partial charge in [-0.15, -0.1) is 0 Å². The number of hydrogen-bond acceptors (Lipinski definition) is 2. The first-order valence-electron chi connectivity index (χ1n) is 6.63. The maximum absolute atomic E-state index is 13.0. The van der Waals surface area contributed by atoms with Gasteiger partial charge in [0.05, 0.1) is 11.7 Å². The molecule has 0 saturated carbocycles. The van der Waals surface area contributed by atoms with Crippen LogP contribution in [0.1, 0.15) is 22.6 Å². The van der Waals surface area contributed by atoms with Gasteiger partial charge in [-0.3, -0.25) is 0 Å². The molecule has 0 aliphatic carbocycles. The van der Waals surface area contributed by atoms with Gasteiger partial charge in [0, 0.05) is 12.5 Å². The van der Waals surface area contributed by atoms with Crippen molar-refractivity contribution in [2.75, 3.05) is 6.54 Å². The van der Waals surface area contributed by atoms with Crippen LogP contribution in [0.3, 0.4) is 0 Å². The Morgan fingerprint density at radius 2 is 1.36 bits per heavy atom.